The lowest BCUT2D eigenvalue weighted by Crippen LogP contribution is -2.39. The molecule has 1 aromatic carbocycles. The molecule has 11 heteroatoms. The molecule has 1 N–H and O–H groups in total. The van der Waals surface area contributed by atoms with Crippen molar-refractivity contribution in [3.05, 3.63) is 30.9 Å². The molecule has 1 aromatic rings. The van der Waals surface area contributed by atoms with Crippen LogP contribution in [0, 0.1) is 7.14 Å². The normalized spacial score (nSPS) is 13.8. The van der Waals surface area contributed by atoms with E-state index in [0.717, 1.165) is 0 Å². The van der Waals surface area contributed by atoms with Crippen molar-refractivity contribution >= 4 is 61.3 Å². The van der Waals surface area contributed by atoms with Crippen LogP contribution >= 0.6 is 45.2 Å². The molecular formula is C10H7F3I2O5S. The summed E-state index contributed by atoms with van der Waals surface area (Å²) >= 11 is 3.73. The standard InChI is InChI=1S/C10H7F3I2O5S/c11-10(12,13)8(4-21(17,18)19)20-9(16)5-1-6(14)3-7(15)2-5/h1-3,8H,4H2,(H,17,18,19). The van der Waals surface area contributed by atoms with Gasteiger partial charge in [0.25, 0.3) is 10.1 Å². The molecule has 0 spiro atoms. The smallest absolute Gasteiger partial charge is 0.426 e. The monoisotopic (exact) mass is 550 g/mol. The Morgan fingerprint density at radius 1 is 1.24 bits per heavy atom. The third-order valence-electron chi connectivity index (χ3n) is 2.07. The number of halogens is 5. The summed E-state index contributed by atoms with van der Waals surface area (Å²) < 4.78 is 72.9. The molecular weight excluding hydrogens is 543 g/mol. The number of ether oxygens (including phenoxy) is 1. The van der Waals surface area contributed by atoms with Gasteiger partial charge >= 0.3 is 12.1 Å². The Labute approximate surface area is 145 Å². The van der Waals surface area contributed by atoms with Gasteiger partial charge in [-0.3, -0.25) is 4.55 Å². The summed E-state index contributed by atoms with van der Waals surface area (Å²) in [5, 5.41) is 0. The van der Waals surface area contributed by atoms with Gasteiger partial charge in [-0.1, -0.05) is 0 Å². The van der Waals surface area contributed by atoms with Gasteiger partial charge in [-0.2, -0.15) is 21.6 Å². The number of hydrogen-bond donors (Lipinski definition) is 1. The van der Waals surface area contributed by atoms with Crippen LogP contribution in [0.1, 0.15) is 10.4 Å². The van der Waals surface area contributed by atoms with Crippen molar-refractivity contribution in [1.29, 1.82) is 0 Å². The Hall–Kier alpha value is -0.150. The molecule has 0 amide bonds. The van der Waals surface area contributed by atoms with E-state index in [0.29, 0.717) is 7.14 Å². The van der Waals surface area contributed by atoms with E-state index in [-0.39, 0.29) is 5.56 Å². The van der Waals surface area contributed by atoms with E-state index < -0.39 is 34.1 Å². The minimum absolute atomic E-state index is 0.143. The molecule has 0 fully saturated rings. The lowest BCUT2D eigenvalue weighted by atomic mass is 10.2. The highest BCUT2D eigenvalue weighted by molar-refractivity contribution is 14.1. The molecule has 0 bridgehead atoms. The largest absolute Gasteiger partial charge is 0.448 e. The number of benzene rings is 1. The first-order valence-electron chi connectivity index (χ1n) is 5.07. The third kappa shape index (κ3) is 6.65. The van der Waals surface area contributed by atoms with E-state index in [1.54, 1.807) is 6.07 Å². The van der Waals surface area contributed by atoms with Crippen molar-refractivity contribution in [2.24, 2.45) is 0 Å². The highest BCUT2D eigenvalue weighted by Gasteiger charge is 2.45. The number of rotatable bonds is 4. The topological polar surface area (TPSA) is 80.7 Å². The Kier molecular flexibility index (Phi) is 6.26. The average molecular weight is 550 g/mol. The van der Waals surface area contributed by atoms with Gasteiger partial charge in [0.15, 0.2) is 0 Å². The molecule has 0 radical (unpaired) electrons. The van der Waals surface area contributed by atoms with Gasteiger partial charge < -0.3 is 4.74 Å². The summed E-state index contributed by atoms with van der Waals surface area (Å²) in [6, 6.07) is 4.27. The van der Waals surface area contributed by atoms with Crippen LogP contribution in [0.4, 0.5) is 13.2 Å². The molecule has 21 heavy (non-hydrogen) atoms. The molecule has 118 valence electrons. The van der Waals surface area contributed by atoms with Crippen LogP contribution in [0.15, 0.2) is 18.2 Å². The molecule has 0 heterocycles. The van der Waals surface area contributed by atoms with Gasteiger partial charge in [0.05, 0.1) is 5.56 Å². The molecule has 0 saturated heterocycles. The second kappa shape index (κ2) is 6.95. The van der Waals surface area contributed by atoms with Crippen LogP contribution in [0.3, 0.4) is 0 Å². The maximum atomic E-state index is 12.6. The Morgan fingerprint density at radius 3 is 2.10 bits per heavy atom. The Morgan fingerprint density at radius 2 is 1.71 bits per heavy atom. The predicted molar refractivity (Wildman–Crippen MR) is 83.6 cm³/mol. The van der Waals surface area contributed by atoms with Crippen molar-refractivity contribution in [2.75, 3.05) is 5.75 Å². The average Bonchev–Trinajstić information content (AvgIpc) is 2.23. The minimum Gasteiger partial charge on any atom is -0.448 e. The van der Waals surface area contributed by atoms with E-state index in [2.05, 4.69) is 4.74 Å². The minimum atomic E-state index is -5.11. The van der Waals surface area contributed by atoms with Crippen LogP contribution in [-0.4, -0.2) is 37.0 Å². The molecule has 0 aliphatic rings. The fourth-order valence-electron chi connectivity index (χ4n) is 1.26. The molecule has 5 nitrogen and oxygen atoms in total. The zero-order chi connectivity index (χ0) is 16.4. The first-order valence-corrected chi connectivity index (χ1v) is 8.84. The van der Waals surface area contributed by atoms with E-state index >= 15 is 0 Å². The quantitative estimate of drug-likeness (QED) is 0.355. The molecule has 1 atom stereocenters. The van der Waals surface area contributed by atoms with Crippen LogP contribution < -0.4 is 0 Å². The summed E-state index contributed by atoms with van der Waals surface area (Å²) in [5.41, 5.74) is -0.143. The van der Waals surface area contributed by atoms with Gasteiger partial charge in [-0.25, -0.2) is 4.79 Å². The first kappa shape index (κ1) is 18.9. The molecule has 1 unspecified atom stereocenters. The number of esters is 1. The van der Waals surface area contributed by atoms with Crippen molar-refractivity contribution < 1.29 is 35.7 Å². The maximum Gasteiger partial charge on any atom is 0.426 e. The summed E-state index contributed by atoms with van der Waals surface area (Å²) in [6.45, 7) is 0. The van der Waals surface area contributed by atoms with Crippen molar-refractivity contribution in [1.82, 2.24) is 0 Å². The SMILES string of the molecule is O=C(OC(CS(=O)(=O)O)C(F)(F)F)c1cc(I)cc(I)c1. The van der Waals surface area contributed by atoms with Crippen molar-refractivity contribution in [2.45, 2.75) is 12.3 Å². The lowest BCUT2D eigenvalue weighted by Gasteiger charge is -2.19. The second-order valence-electron chi connectivity index (χ2n) is 3.84. The third-order valence-corrected chi connectivity index (χ3v) is 4.04. The Bertz CT molecular complexity index is 624. The zero-order valence-corrected chi connectivity index (χ0v) is 15.0. The van der Waals surface area contributed by atoms with Gasteiger partial charge in [0.1, 0.15) is 5.75 Å². The zero-order valence-electron chi connectivity index (χ0n) is 9.89. The fourth-order valence-corrected chi connectivity index (χ4v) is 3.83. The highest BCUT2D eigenvalue weighted by atomic mass is 127. The van der Waals surface area contributed by atoms with Crippen LogP contribution in [0.2, 0.25) is 0 Å². The van der Waals surface area contributed by atoms with Crippen LogP contribution in [0.5, 0.6) is 0 Å². The van der Waals surface area contributed by atoms with Gasteiger partial charge in [-0.05, 0) is 63.4 Å². The highest BCUT2D eigenvalue weighted by Crippen LogP contribution is 2.25. The summed E-state index contributed by atoms with van der Waals surface area (Å²) in [6.07, 6.45) is -8.05. The predicted octanol–water partition coefficient (Wildman–Crippen LogP) is 2.87. The first-order chi connectivity index (χ1) is 9.38. The van der Waals surface area contributed by atoms with Crippen LogP contribution in [-0.2, 0) is 14.9 Å². The number of carbonyl (C=O) groups is 1. The number of alkyl halides is 3. The molecule has 0 aromatic heterocycles. The number of carbonyl (C=O) groups excluding carboxylic acids is 1. The van der Waals surface area contributed by atoms with Gasteiger partial charge in [0, 0.05) is 7.14 Å². The van der Waals surface area contributed by atoms with Crippen molar-refractivity contribution in [3.8, 4) is 0 Å². The summed E-state index contributed by atoms with van der Waals surface area (Å²) in [5.74, 6) is -3.07. The number of hydrogen-bond acceptors (Lipinski definition) is 4. The second-order valence-corrected chi connectivity index (χ2v) is 7.83. The van der Waals surface area contributed by atoms with E-state index in [9.17, 15) is 26.4 Å². The van der Waals surface area contributed by atoms with E-state index in [1.807, 2.05) is 45.2 Å². The van der Waals surface area contributed by atoms with Gasteiger partial charge in [-0.15, -0.1) is 0 Å². The summed E-state index contributed by atoms with van der Waals surface area (Å²) in [7, 11) is -4.95. The fraction of sp³-hybridized carbons (Fsp3) is 0.300. The van der Waals surface area contributed by atoms with E-state index in [1.165, 1.54) is 12.1 Å². The van der Waals surface area contributed by atoms with Crippen LogP contribution in [0.25, 0.3) is 0 Å². The summed E-state index contributed by atoms with van der Waals surface area (Å²) in [4.78, 5) is 11.7. The maximum absolute atomic E-state index is 12.6. The lowest BCUT2D eigenvalue weighted by molar-refractivity contribution is -0.197. The molecule has 0 aliphatic carbocycles. The Balaban J connectivity index is 3.00. The molecule has 0 aliphatic heterocycles. The van der Waals surface area contributed by atoms with Crippen molar-refractivity contribution in [3.63, 3.8) is 0 Å². The molecule has 0 saturated carbocycles. The molecule has 1 rings (SSSR count). The van der Waals surface area contributed by atoms with E-state index in [4.69, 9.17) is 4.55 Å². The van der Waals surface area contributed by atoms with Gasteiger partial charge in [0.2, 0.25) is 6.10 Å².